The minimum Gasteiger partial charge on any atom is -0.421 e. The van der Waals surface area contributed by atoms with E-state index in [4.69, 9.17) is 125 Å². The molecule has 3 aromatic rings. The minimum atomic E-state index is -0.281. The second-order valence-corrected chi connectivity index (χ2v) is 8.83. The van der Waals surface area contributed by atoms with Gasteiger partial charge in [-0.1, -0.05) is 116 Å². The molecule has 0 amide bonds. The number of halogens is 10. The largest absolute Gasteiger partial charge is 0.421 e. The molecule has 1 heterocycles. The van der Waals surface area contributed by atoms with Crippen molar-refractivity contribution in [3.8, 4) is 23.5 Å². The van der Waals surface area contributed by atoms with Gasteiger partial charge in [-0.3, -0.25) is 0 Å². The van der Waals surface area contributed by atoms with Crippen LogP contribution in [-0.4, -0.2) is 15.0 Å². The van der Waals surface area contributed by atoms with E-state index in [2.05, 4.69) is 15.0 Å². The summed E-state index contributed by atoms with van der Waals surface area (Å²) in [6, 6.07) is -0.562. The normalized spacial score (nSPS) is 11.0. The number of hydrogen-bond acceptors (Lipinski definition) is 5. The lowest BCUT2D eigenvalue weighted by atomic mass is 10.3. The third-order valence-electron chi connectivity index (χ3n) is 3.25. The number of benzene rings is 2. The zero-order chi connectivity index (χ0) is 22.3. The second-order valence-electron chi connectivity index (χ2n) is 5.05. The molecule has 2 aromatic carbocycles. The molecule has 30 heavy (non-hydrogen) atoms. The molecule has 0 saturated heterocycles. The third kappa shape index (κ3) is 4.67. The van der Waals surface area contributed by atoms with Gasteiger partial charge in [-0.15, -0.1) is 4.98 Å². The highest BCUT2D eigenvalue weighted by Crippen LogP contribution is 2.50. The van der Waals surface area contributed by atoms with Crippen LogP contribution in [0.25, 0.3) is 0 Å². The quantitative estimate of drug-likeness (QED) is 0.218. The predicted molar refractivity (Wildman–Crippen MR) is 123 cm³/mol. The van der Waals surface area contributed by atoms with Gasteiger partial charge in [0.05, 0.1) is 30.1 Å². The SMILES string of the molecule is Clc1c(Cl)c(Cl)c(Oc2ncnc(Oc3c(Cl)c(Cl)c(Cl)c(Cl)c3Cl)n2)c(Cl)c1Cl. The van der Waals surface area contributed by atoms with Crippen LogP contribution in [0, 0.1) is 0 Å². The molecule has 0 aliphatic heterocycles. The Morgan fingerprint density at radius 2 is 0.700 bits per heavy atom. The first-order chi connectivity index (χ1) is 14.0. The van der Waals surface area contributed by atoms with Crippen LogP contribution in [0.15, 0.2) is 6.33 Å². The summed E-state index contributed by atoms with van der Waals surface area (Å²) in [5, 5.41) is -0.809. The summed E-state index contributed by atoms with van der Waals surface area (Å²) in [5.74, 6) is -0.271. The minimum absolute atomic E-state index is 0.0406. The Balaban J connectivity index is 1.99. The average Bonchev–Trinajstić information content (AvgIpc) is 2.74. The van der Waals surface area contributed by atoms with E-state index in [-0.39, 0.29) is 73.7 Å². The van der Waals surface area contributed by atoms with Gasteiger partial charge in [-0.2, -0.15) is 9.97 Å². The average molecular weight is 610 g/mol. The van der Waals surface area contributed by atoms with Crippen molar-refractivity contribution < 1.29 is 9.47 Å². The fourth-order valence-electron chi connectivity index (χ4n) is 1.90. The predicted octanol–water partition coefficient (Wildman–Crippen LogP) is 9.99. The maximum absolute atomic E-state index is 6.12. The highest BCUT2D eigenvalue weighted by atomic mass is 35.5. The van der Waals surface area contributed by atoms with Crippen molar-refractivity contribution in [1.29, 1.82) is 0 Å². The van der Waals surface area contributed by atoms with Crippen LogP contribution in [-0.2, 0) is 0 Å². The topological polar surface area (TPSA) is 57.1 Å². The van der Waals surface area contributed by atoms with E-state index >= 15 is 0 Å². The third-order valence-corrected chi connectivity index (χ3v) is 7.74. The van der Waals surface area contributed by atoms with Crippen molar-refractivity contribution in [3.05, 3.63) is 56.6 Å². The molecule has 0 radical (unpaired) electrons. The standard InChI is InChI=1S/C15HCl10N3O2/c16-2-4(18)8(22)12(9(23)5(2)19)29-14-26-1-27-15(28-14)30-13-10(24)6(20)3(17)7(21)11(13)25/h1H. The molecular weight excluding hydrogens is 609 g/mol. The lowest BCUT2D eigenvalue weighted by Crippen LogP contribution is -1.99. The molecule has 0 fully saturated rings. The van der Waals surface area contributed by atoms with Crippen molar-refractivity contribution >= 4 is 116 Å². The van der Waals surface area contributed by atoms with Crippen LogP contribution >= 0.6 is 116 Å². The molecule has 0 aliphatic carbocycles. The van der Waals surface area contributed by atoms with Crippen LogP contribution in [0.1, 0.15) is 0 Å². The molecule has 3 rings (SSSR count). The summed E-state index contributed by atoms with van der Waals surface area (Å²) in [6.45, 7) is 0. The summed E-state index contributed by atoms with van der Waals surface area (Å²) in [5.41, 5.74) is 0. The first-order valence-corrected chi connectivity index (χ1v) is 10.9. The summed E-state index contributed by atoms with van der Waals surface area (Å²) < 4.78 is 11.0. The van der Waals surface area contributed by atoms with Crippen molar-refractivity contribution in [2.75, 3.05) is 0 Å². The van der Waals surface area contributed by atoms with Crippen LogP contribution in [0.4, 0.5) is 0 Å². The Labute approximate surface area is 218 Å². The van der Waals surface area contributed by atoms with Gasteiger partial charge in [0.25, 0.3) is 0 Å². The summed E-state index contributed by atoms with van der Waals surface area (Å²) in [6.07, 6.45) is 1.07. The van der Waals surface area contributed by atoms with Gasteiger partial charge >= 0.3 is 12.0 Å². The van der Waals surface area contributed by atoms with Gasteiger partial charge in [0.15, 0.2) is 11.5 Å². The van der Waals surface area contributed by atoms with E-state index in [0.29, 0.717) is 0 Å². The van der Waals surface area contributed by atoms with E-state index < -0.39 is 0 Å². The number of nitrogens with zero attached hydrogens (tertiary/aromatic N) is 3. The molecular formula is C15HCl10N3O2. The fraction of sp³-hybridized carbons (Fsp3) is 0. The Bertz CT molecular complexity index is 1030. The van der Waals surface area contributed by atoms with Gasteiger partial charge in [0, 0.05) is 0 Å². The summed E-state index contributed by atoms with van der Waals surface area (Å²) in [7, 11) is 0. The lowest BCUT2D eigenvalue weighted by Gasteiger charge is -2.13. The molecule has 0 saturated carbocycles. The highest BCUT2D eigenvalue weighted by molar-refractivity contribution is 6.56. The molecule has 0 spiro atoms. The van der Waals surface area contributed by atoms with Crippen LogP contribution in [0.2, 0.25) is 50.2 Å². The van der Waals surface area contributed by atoms with E-state index in [0.717, 1.165) is 6.33 Å². The van der Waals surface area contributed by atoms with Gasteiger partial charge < -0.3 is 9.47 Å². The zero-order valence-corrected chi connectivity index (χ0v) is 21.1. The highest BCUT2D eigenvalue weighted by Gasteiger charge is 2.24. The number of rotatable bonds is 4. The van der Waals surface area contributed by atoms with Gasteiger partial charge in [0.1, 0.15) is 26.4 Å². The zero-order valence-electron chi connectivity index (χ0n) is 13.5. The van der Waals surface area contributed by atoms with Crippen molar-refractivity contribution in [2.45, 2.75) is 0 Å². The lowest BCUT2D eigenvalue weighted by molar-refractivity contribution is 0.397. The number of aromatic nitrogens is 3. The first-order valence-electron chi connectivity index (χ1n) is 7.12. The molecule has 1 aromatic heterocycles. The van der Waals surface area contributed by atoms with Crippen molar-refractivity contribution in [3.63, 3.8) is 0 Å². The van der Waals surface area contributed by atoms with E-state index in [1.807, 2.05) is 0 Å². The Morgan fingerprint density at radius 3 is 1.00 bits per heavy atom. The van der Waals surface area contributed by atoms with Crippen molar-refractivity contribution in [2.24, 2.45) is 0 Å². The van der Waals surface area contributed by atoms with Crippen LogP contribution in [0.3, 0.4) is 0 Å². The Kier molecular flexibility index (Phi) is 8.06. The second kappa shape index (κ2) is 9.84. The van der Waals surface area contributed by atoms with Crippen LogP contribution in [0.5, 0.6) is 23.5 Å². The molecule has 5 nitrogen and oxygen atoms in total. The molecule has 158 valence electrons. The maximum Gasteiger partial charge on any atom is 0.328 e. The Hall–Kier alpha value is -0.0500. The molecule has 0 unspecified atom stereocenters. The molecule has 0 bridgehead atoms. The first kappa shape index (κ1) is 24.6. The monoisotopic (exact) mass is 605 g/mol. The molecule has 0 N–H and O–H groups in total. The molecule has 0 aliphatic rings. The van der Waals surface area contributed by atoms with E-state index in [9.17, 15) is 0 Å². The molecule has 0 atom stereocenters. The molecule has 15 heteroatoms. The van der Waals surface area contributed by atoms with E-state index in [1.165, 1.54) is 0 Å². The smallest absolute Gasteiger partial charge is 0.328 e. The summed E-state index contributed by atoms with van der Waals surface area (Å²) >= 11 is 60.4. The van der Waals surface area contributed by atoms with Gasteiger partial charge in [0.2, 0.25) is 0 Å². The van der Waals surface area contributed by atoms with Gasteiger partial charge in [-0.05, 0) is 0 Å². The number of ether oxygens (including phenoxy) is 2. The van der Waals surface area contributed by atoms with E-state index in [1.54, 1.807) is 0 Å². The Morgan fingerprint density at radius 1 is 0.433 bits per heavy atom. The van der Waals surface area contributed by atoms with Gasteiger partial charge in [-0.25, -0.2) is 0 Å². The maximum atomic E-state index is 6.12. The van der Waals surface area contributed by atoms with Crippen LogP contribution < -0.4 is 9.47 Å². The fourth-order valence-corrected chi connectivity index (χ4v) is 4.29. The number of hydrogen-bond donors (Lipinski definition) is 0. The van der Waals surface area contributed by atoms with Crippen molar-refractivity contribution in [1.82, 2.24) is 15.0 Å². The summed E-state index contributed by atoms with van der Waals surface area (Å²) in [4.78, 5) is 11.6.